The fourth-order valence-electron chi connectivity index (χ4n) is 2.57. The lowest BCUT2D eigenvalue weighted by molar-refractivity contribution is 0.240. The molecule has 100 valence electrons. The number of nitrogens with one attached hydrogen (secondary N) is 1. The van der Waals surface area contributed by atoms with Gasteiger partial charge in [-0.2, -0.15) is 0 Å². The molecule has 0 bridgehead atoms. The molecule has 0 unspecified atom stereocenters. The first kappa shape index (κ1) is 12.8. The van der Waals surface area contributed by atoms with Gasteiger partial charge in [-0.25, -0.2) is 9.37 Å². The van der Waals surface area contributed by atoms with Crippen molar-refractivity contribution in [2.24, 2.45) is 5.73 Å². The fraction of sp³-hybridized carbons (Fsp3) is 0.357. The number of benzene rings is 1. The SMILES string of the molecule is NCC1(c2ncc(-c3cc(Br)ccc3F)[nH]2)CCC1. The zero-order chi connectivity index (χ0) is 13.5. The van der Waals surface area contributed by atoms with Crippen LogP contribution in [0.2, 0.25) is 0 Å². The van der Waals surface area contributed by atoms with E-state index >= 15 is 0 Å². The third-order valence-corrected chi connectivity index (χ3v) is 4.49. The number of rotatable bonds is 3. The molecule has 1 fully saturated rings. The third-order valence-electron chi connectivity index (χ3n) is 4.00. The number of halogens is 2. The zero-order valence-electron chi connectivity index (χ0n) is 10.4. The van der Waals surface area contributed by atoms with Gasteiger partial charge in [-0.3, -0.25) is 0 Å². The summed E-state index contributed by atoms with van der Waals surface area (Å²) < 4.78 is 14.7. The molecule has 0 spiro atoms. The number of nitrogens with zero attached hydrogens (tertiary/aromatic N) is 1. The molecule has 2 aromatic rings. The van der Waals surface area contributed by atoms with E-state index in [-0.39, 0.29) is 11.2 Å². The van der Waals surface area contributed by atoms with Crippen molar-refractivity contribution >= 4 is 15.9 Å². The van der Waals surface area contributed by atoms with Gasteiger partial charge in [0, 0.05) is 22.0 Å². The topological polar surface area (TPSA) is 54.7 Å². The van der Waals surface area contributed by atoms with Crippen molar-refractivity contribution in [3.05, 3.63) is 40.5 Å². The van der Waals surface area contributed by atoms with Crippen LogP contribution in [-0.4, -0.2) is 16.5 Å². The van der Waals surface area contributed by atoms with Crippen LogP contribution in [0.1, 0.15) is 25.1 Å². The first-order valence-electron chi connectivity index (χ1n) is 6.36. The lowest BCUT2D eigenvalue weighted by atomic mass is 9.68. The summed E-state index contributed by atoms with van der Waals surface area (Å²) in [5.41, 5.74) is 7.06. The lowest BCUT2D eigenvalue weighted by Crippen LogP contribution is -2.42. The summed E-state index contributed by atoms with van der Waals surface area (Å²) >= 11 is 3.36. The van der Waals surface area contributed by atoms with Gasteiger partial charge >= 0.3 is 0 Å². The summed E-state index contributed by atoms with van der Waals surface area (Å²) in [7, 11) is 0. The Kier molecular flexibility index (Phi) is 3.19. The van der Waals surface area contributed by atoms with Crippen molar-refractivity contribution < 1.29 is 4.39 Å². The van der Waals surface area contributed by atoms with E-state index in [2.05, 4.69) is 25.9 Å². The first-order valence-corrected chi connectivity index (χ1v) is 7.15. The number of hydrogen-bond donors (Lipinski definition) is 2. The Balaban J connectivity index is 1.99. The summed E-state index contributed by atoms with van der Waals surface area (Å²) in [4.78, 5) is 7.65. The van der Waals surface area contributed by atoms with Crippen LogP contribution in [0.25, 0.3) is 11.3 Å². The van der Waals surface area contributed by atoms with Crippen LogP contribution >= 0.6 is 15.9 Å². The summed E-state index contributed by atoms with van der Waals surface area (Å²) in [5.74, 6) is 0.629. The van der Waals surface area contributed by atoms with Gasteiger partial charge in [-0.05, 0) is 31.0 Å². The molecule has 5 heteroatoms. The van der Waals surface area contributed by atoms with Crippen LogP contribution in [-0.2, 0) is 5.41 Å². The second kappa shape index (κ2) is 4.72. The number of aromatic nitrogens is 2. The average molecular weight is 324 g/mol. The number of imidazole rings is 1. The van der Waals surface area contributed by atoms with Crippen molar-refractivity contribution in [1.82, 2.24) is 9.97 Å². The van der Waals surface area contributed by atoms with Crippen molar-refractivity contribution in [1.29, 1.82) is 0 Å². The molecule has 1 aliphatic rings. The van der Waals surface area contributed by atoms with Crippen LogP contribution in [0.5, 0.6) is 0 Å². The van der Waals surface area contributed by atoms with Gasteiger partial charge in [0.15, 0.2) is 0 Å². The predicted molar refractivity (Wildman–Crippen MR) is 76.3 cm³/mol. The molecule has 0 saturated heterocycles. The van der Waals surface area contributed by atoms with Crippen LogP contribution in [0.15, 0.2) is 28.9 Å². The van der Waals surface area contributed by atoms with Crippen LogP contribution in [0.3, 0.4) is 0 Å². The quantitative estimate of drug-likeness (QED) is 0.910. The number of aromatic amines is 1. The Bertz CT molecular complexity index is 599. The van der Waals surface area contributed by atoms with Gasteiger partial charge in [0.05, 0.1) is 11.9 Å². The summed E-state index contributed by atoms with van der Waals surface area (Å²) in [6, 6.07) is 4.88. The Labute approximate surface area is 119 Å². The summed E-state index contributed by atoms with van der Waals surface area (Å²) in [6.45, 7) is 0.584. The van der Waals surface area contributed by atoms with Crippen molar-refractivity contribution in [2.75, 3.05) is 6.54 Å². The monoisotopic (exact) mass is 323 g/mol. The third kappa shape index (κ3) is 2.11. The van der Waals surface area contributed by atoms with Gasteiger partial charge in [0.2, 0.25) is 0 Å². The zero-order valence-corrected chi connectivity index (χ0v) is 12.0. The van der Waals surface area contributed by atoms with Gasteiger partial charge in [-0.15, -0.1) is 0 Å². The Morgan fingerprint density at radius 3 is 2.84 bits per heavy atom. The van der Waals surface area contributed by atoms with Crippen molar-refractivity contribution in [2.45, 2.75) is 24.7 Å². The van der Waals surface area contributed by atoms with E-state index in [9.17, 15) is 4.39 Å². The fourth-order valence-corrected chi connectivity index (χ4v) is 2.93. The second-order valence-corrected chi connectivity index (χ2v) is 6.02. The molecular formula is C14H15BrFN3. The van der Waals surface area contributed by atoms with E-state index in [4.69, 9.17) is 5.73 Å². The molecule has 0 amide bonds. The number of hydrogen-bond acceptors (Lipinski definition) is 2. The number of H-pyrrole nitrogens is 1. The summed E-state index contributed by atoms with van der Waals surface area (Å²) in [6.07, 6.45) is 4.98. The summed E-state index contributed by atoms with van der Waals surface area (Å²) in [5, 5.41) is 0. The maximum Gasteiger partial charge on any atom is 0.132 e. The first-order chi connectivity index (χ1) is 9.14. The van der Waals surface area contributed by atoms with Crippen molar-refractivity contribution in [3.63, 3.8) is 0 Å². The van der Waals surface area contributed by atoms with E-state index in [0.717, 1.165) is 23.1 Å². The minimum Gasteiger partial charge on any atom is -0.341 e. The molecule has 1 saturated carbocycles. The Morgan fingerprint density at radius 1 is 1.42 bits per heavy atom. The van der Waals surface area contributed by atoms with E-state index < -0.39 is 0 Å². The molecule has 3 rings (SSSR count). The molecule has 1 aromatic heterocycles. The molecule has 1 aliphatic carbocycles. The minimum atomic E-state index is -0.256. The molecule has 0 atom stereocenters. The predicted octanol–water partition coefficient (Wildman–Crippen LogP) is 3.36. The van der Waals surface area contributed by atoms with Gasteiger partial charge in [0.25, 0.3) is 0 Å². The maximum absolute atomic E-state index is 13.8. The molecule has 0 radical (unpaired) electrons. The highest BCUT2D eigenvalue weighted by Crippen LogP contribution is 2.42. The van der Waals surface area contributed by atoms with Gasteiger partial charge in [0.1, 0.15) is 11.6 Å². The van der Waals surface area contributed by atoms with E-state index in [0.29, 0.717) is 17.8 Å². The maximum atomic E-state index is 13.8. The molecular weight excluding hydrogens is 309 g/mol. The Hall–Kier alpha value is -1.20. The van der Waals surface area contributed by atoms with Crippen molar-refractivity contribution in [3.8, 4) is 11.3 Å². The van der Waals surface area contributed by atoms with Crippen LogP contribution < -0.4 is 5.73 Å². The van der Waals surface area contributed by atoms with Gasteiger partial charge < -0.3 is 10.7 Å². The molecule has 1 heterocycles. The van der Waals surface area contributed by atoms with Gasteiger partial charge in [-0.1, -0.05) is 22.4 Å². The van der Waals surface area contributed by atoms with E-state index in [1.807, 2.05) is 0 Å². The molecule has 3 N–H and O–H groups in total. The highest BCUT2D eigenvalue weighted by Gasteiger charge is 2.40. The largest absolute Gasteiger partial charge is 0.341 e. The highest BCUT2D eigenvalue weighted by atomic mass is 79.9. The lowest BCUT2D eigenvalue weighted by Gasteiger charge is -2.39. The molecule has 1 aromatic carbocycles. The average Bonchev–Trinajstić information content (AvgIpc) is 2.81. The minimum absolute atomic E-state index is 0.0270. The highest BCUT2D eigenvalue weighted by molar-refractivity contribution is 9.10. The standard InChI is InChI=1S/C14H15BrFN3/c15-9-2-3-11(16)10(6-9)12-7-18-13(19-12)14(8-17)4-1-5-14/h2-3,6-7H,1,4-5,8,17H2,(H,18,19). The smallest absolute Gasteiger partial charge is 0.132 e. The van der Waals surface area contributed by atoms with Crippen LogP contribution in [0.4, 0.5) is 4.39 Å². The Morgan fingerprint density at radius 2 is 2.21 bits per heavy atom. The molecule has 19 heavy (non-hydrogen) atoms. The van der Waals surface area contributed by atoms with E-state index in [1.54, 1.807) is 18.3 Å². The second-order valence-electron chi connectivity index (χ2n) is 5.11. The molecule has 0 aliphatic heterocycles. The van der Waals surface area contributed by atoms with Crippen LogP contribution in [0, 0.1) is 5.82 Å². The van der Waals surface area contributed by atoms with E-state index in [1.165, 1.54) is 12.5 Å². The molecule has 3 nitrogen and oxygen atoms in total. The normalized spacial score (nSPS) is 17.2. The number of nitrogens with two attached hydrogens (primary N) is 1.